The number of benzene rings is 1. The van der Waals surface area contributed by atoms with Crippen LogP contribution in [0.2, 0.25) is 0 Å². The number of methoxy groups -OCH3 is 1. The summed E-state index contributed by atoms with van der Waals surface area (Å²) in [4.78, 5) is 28.8. The zero-order valence-electron chi connectivity index (χ0n) is 17.1. The van der Waals surface area contributed by atoms with Gasteiger partial charge in [0.25, 0.3) is 0 Å². The van der Waals surface area contributed by atoms with E-state index in [0.29, 0.717) is 19.5 Å². The summed E-state index contributed by atoms with van der Waals surface area (Å²) in [6, 6.07) is 5.69. The van der Waals surface area contributed by atoms with Crippen LogP contribution in [0.1, 0.15) is 38.7 Å². The Kier molecular flexibility index (Phi) is 5.49. The fourth-order valence-corrected chi connectivity index (χ4v) is 3.70. The molecule has 152 valence electrons. The number of carbonyl (C=O) groups is 1. The first-order valence-electron chi connectivity index (χ1n) is 9.41. The second kappa shape index (κ2) is 7.69. The Morgan fingerprint density at radius 3 is 2.71 bits per heavy atom. The summed E-state index contributed by atoms with van der Waals surface area (Å²) in [6.07, 6.45) is 2.31. The maximum absolute atomic E-state index is 12.7. The third-order valence-electron chi connectivity index (χ3n) is 5.10. The van der Waals surface area contributed by atoms with Crippen molar-refractivity contribution in [3.63, 3.8) is 0 Å². The van der Waals surface area contributed by atoms with Crippen molar-refractivity contribution >= 4 is 17.0 Å². The van der Waals surface area contributed by atoms with Crippen molar-refractivity contribution in [1.82, 2.24) is 14.9 Å². The normalized spacial score (nSPS) is 20.1. The van der Waals surface area contributed by atoms with Gasteiger partial charge < -0.3 is 19.4 Å². The summed E-state index contributed by atoms with van der Waals surface area (Å²) < 4.78 is 10.9. The van der Waals surface area contributed by atoms with Crippen molar-refractivity contribution in [3.05, 3.63) is 34.9 Å². The molecule has 1 N–H and O–H groups in total. The van der Waals surface area contributed by atoms with E-state index in [0.717, 1.165) is 22.2 Å². The minimum atomic E-state index is -0.581. The smallest absolute Gasteiger partial charge is 0.410 e. The highest BCUT2D eigenvalue weighted by Crippen LogP contribution is 2.35. The van der Waals surface area contributed by atoms with Crippen molar-refractivity contribution in [3.8, 4) is 5.75 Å². The number of fused-ring (bicyclic) bond motifs is 1. The van der Waals surface area contributed by atoms with Crippen molar-refractivity contribution < 1.29 is 14.3 Å². The van der Waals surface area contributed by atoms with E-state index in [2.05, 4.69) is 10.3 Å². The zero-order valence-corrected chi connectivity index (χ0v) is 17.1. The van der Waals surface area contributed by atoms with Gasteiger partial charge in [-0.05, 0) is 51.0 Å². The number of hydrogen-bond donors (Lipinski definition) is 1. The molecule has 0 saturated carbocycles. The van der Waals surface area contributed by atoms with Crippen molar-refractivity contribution in [2.45, 2.75) is 44.8 Å². The number of nitrogens with one attached hydrogen (secondary N) is 1. The number of H-pyrrole nitrogens is 1. The predicted octanol–water partition coefficient (Wildman–Crippen LogP) is 3.88. The Hall–Kier alpha value is -2.77. The summed E-state index contributed by atoms with van der Waals surface area (Å²) in [7, 11) is 3.28. The lowest BCUT2D eigenvalue weighted by Gasteiger charge is -2.40. The largest absolute Gasteiger partial charge is 0.497 e. The van der Waals surface area contributed by atoms with E-state index in [-0.39, 0.29) is 18.1 Å². The number of likely N-dealkylation sites (tertiary alicyclic amines) is 1. The summed E-state index contributed by atoms with van der Waals surface area (Å²) in [5, 5.41) is 5.50. The van der Waals surface area contributed by atoms with Gasteiger partial charge in [-0.15, -0.1) is 4.91 Å². The molecule has 2 atom stereocenters. The first-order valence-corrected chi connectivity index (χ1v) is 9.41. The van der Waals surface area contributed by atoms with Gasteiger partial charge in [0.05, 0.1) is 18.4 Å². The van der Waals surface area contributed by atoms with E-state index in [4.69, 9.17) is 9.47 Å². The molecule has 8 heteroatoms. The Labute approximate surface area is 164 Å². The third kappa shape index (κ3) is 4.21. The molecule has 1 aromatic carbocycles. The van der Waals surface area contributed by atoms with E-state index in [1.165, 1.54) is 5.01 Å². The van der Waals surface area contributed by atoms with Crippen LogP contribution in [-0.4, -0.2) is 59.9 Å². The lowest BCUT2D eigenvalue weighted by molar-refractivity contribution is 0.00975. The van der Waals surface area contributed by atoms with Crippen LogP contribution in [0.5, 0.6) is 5.75 Å². The molecule has 2 aromatic rings. The fraction of sp³-hybridized carbons (Fsp3) is 0.550. The van der Waals surface area contributed by atoms with Crippen molar-refractivity contribution in [2.24, 2.45) is 5.29 Å². The van der Waals surface area contributed by atoms with Gasteiger partial charge in [0.1, 0.15) is 11.4 Å². The number of aromatic amines is 1. The number of hydrogen-bond acceptors (Lipinski definition) is 5. The zero-order chi connectivity index (χ0) is 20.5. The topological polar surface area (TPSA) is 87.2 Å². The number of rotatable bonds is 4. The Morgan fingerprint density at radius 2 is 2.07 bits per heavy atom. The predicted molar refractivity (Wildman–Crippen MR) is 107 cm³/mol. The maximum Gasteiger partial charge on any atom is 0.410 e. The van der Waals surface area contributed by atoms with E-state index < -0.39 is 5.60 Å². The van der Waals surface area contributed by atoms with Crippen LogP contribution in [0, 0.1) is 4.91 Å². The number of aromatic nitrogens is 1. The molecule has 1 saturated heterocycles. The first kappa shape index (κ1) is 20.0. The molecule has 1 amide bonds. The number of carbonyl (C=O) groups excluding carboxylic acids is 1. The molecule has 2 heterocycles. The van der Waals surface area contributed by atoms with Gasteiger partial charge in [0.2, 0.25) is 0 Å². The van der Waals surface area contributed by atoms with Gasteiger partial charge in [-0.3, -0.25) is 5.01 Å². The second-order valence-corrected chi connectivity index (χ2v) is 8.28. The number of ether oxygens (including phenoxy) is 2. The third-order valence-corrected chi connectivity index (χ3v) is 5.10. The summed E-state index contributed by atoms with van der Waals surface area (Å²) in [6.45, 7) is 6.44. The van der Waals surface area contributed by atoms with Gasteiger partial charge in [0, 0.05) is 43.2 Å². The van der Waals surface area contributed by atoms with E-state index in [1.54, 1.807) is 19.1 Å². The molecule has 0 radical (unpaired) electrons. The SMILES string of the molecule is COc1ccc2[nH]cc(C3CC(N(C)N=O)CN(C(=O)OC(C)(C)C)C3)c2c1. The van der Waals surface area contributed by atoms with E-state index in [9.17, 15) is 9.70 Å². The Morgan fingerprint density at radius 1 is 1.32 bits per heavy atom. The lowest BCUT2D eigenvalue weighted by atomic mass is 9.87. The van der Waals surface area contributed by atoms with E-state index in [1.807, 2.05) is 45.2 Å². The van der Waals surface area contributed by atoms with Gasteiger partial charge in [-0.1, -0.05) is 0 Å². The van der Waals surface area contributed by atoms with Gasteiger partial charge in [-0.2, -0.15) is 0 Å². The van der Waals surface area contributed by atoms with Gasteiger partial charge >= 0.3 is 6.09 Å². The highest BCUT2D eigenvalue weighted by molar-refractivity contribution is 5.85. The molecule has 0 spiro atoms. The summed E-state index contributed by atoms with van der Waals surface area (Å²) >= 11 is 0. The summed E-state index contributed by atoms with van der Waals surface area (Å²) in [5.41, 5.74) is 1.51. The Bertz CT molecular complexity index is 857. The fourth-order valence-electron chi connectivity index (χ4n) is 3.70. The molecule has 2 unspecified atom stereocenters. The lowest BCUT2D eigenvalue weighted by Crippen LogP contribution is -2.51. The molecular weight excluding hydrogens is 360 g/mol. The maximum atomic E-state index is 12.7. The minimum absolute atomic E-state index is 0.0383. The standard InChI is InChI=1S/C20H28N4O4/c1-20(2,3)28-19(25)24-11-13(8-14(12-24)23(4)22-26)17-10-21-18-7-6-15(27-5)9-16(17)18/h6-7,9-10,13-14,21H,8,11-12H2,1-5H3. The molecule has 1 aliphatic heterocycles. The number of piperidine rings is 1. The number of amides is 1. The van der Waals surface area contributed by atoms with Crippen molar-refractivity contribution in [2.75, 3.05) is 27.2 Å². The molecule has 1 aromatic heterocycles. The number of nitroso groups, excluding NO2 is 1. The Balaban J connectivity index is 1.93. The molecule has 0 aliphatic carbocycles. The average molecular weight is 388 g/mol. The molecule has 28 heavy (non-hydrogen) atoms. The molecule has 1 fully saturated rings. The highest BCUT2D eigenvalue weighted by atomic mass is 16.6. The van der Waals surface area contributed by atoms with Crippen LogP contribution in [0.25, 0.3) is 10.9 Å². The molecule has 3 rings (SSSR count). The van der Waals surface area contributed by atoms with Crippen LogP contribution < -0.4 is 4.74 Å². The molecule has 1 aliphatic rings. The minimum Gasteiger partial charge on any atom is -0.497 e. The van der Waals surface area contributed by atoms with E-state index >= 15 is 0 Å². The monoisotopic (exact) mass is 388 g/mol. The molecular formula is C20H28N4O4. The number of nitrogens with zero attached hydrogens (tertiary/aromatic N) is 3. The first-order chi connectivity index (χ1) is 13.2. The second-order valence-electron chi connectivity index (χ2n) is 8.28. The highest BCUT2D eigenvalue weighted by Gasteiger charge is 2.36. The molecule has 8 nitrogen and oxygen atoms in total. The quantitative estimate of drug-likeness (QED) is 0.634. The van der Waals surface area contributed by atoms with Crippen LogP contribution in [0.15, 0.2) is 29.7 Å². The molecule has 0 bridgehead atoms. The van der Waals surface area contributed by atoms with Crippen LogP contribution in [-0.2, 0) is 4.74 Å². The van der Waals surface area contributed by atoms with Crippen LogP contribution >= 0.6 is 0 Å². The average Bonchev–Trinajstić information content (AvgIpc) is 3.08. The van der Waals surface area contributed by atoms with Crippen molar-refractivity contribution in [1.29, 1.82) is 0 Å². The van der Waals surface area contributed by atoms with Crippen LogP contribution in [0.3, 0.4) is 0 Å². The van der Waals surface area contributed by atoms with Gasteiger partial charge in [0.15, 0.2) is 0 Å². The number of likely N-dealkylation sites (N-methyl/N-ethyl adjacent to an activating group) is 1. The van der Waals surface area contributed by atoms with Crippen LogP contribution in [0.4, 0.5) is 4.79 Å². The van der Waals surface area contributed by atoms with Gasteiger partial charge in [-0.25, -0.2) is 4.79 Å². The summed E-state index contributed by atoms with van der Waals surface area (Å²) in [5.74, 6) is 0.813.